The van der Waals surface area contributed by atoms with E-state index in [-0.39, 0.29) is 41.6 Å². The Bertz CT molecular complexity index is 1280. The SMILES string of the molecule is CC(=O)Nc1ccc(NC(=O)C[C@H]2C(=O)N(c3ccccc3)C(=S)N2CCc2ccccc2F)cc1. The van der Waals surface area contributed by atoms with Gasteiger partial charge in [0.25, 0.3) is 5.91 Å². The fourth-order valence-corrected chi connectivity index (χ4v) is 4.49. The number of anilines is 3. The molecule has 1 atom stereocenters. The van der Waals surface area contributed by atoms with Crippen LogP contribution in [0.3, 0.4) is 0 Å². The van der Waals surface area contributed by atoms with E-state index in [0.29, 0.717) is 29.0 Å². The number of nitrogens with one attached hydrogen (secondary N) is 2. The Balaban J connectivity index is 1.51. The van der Waals surface area contributed by atoms with Crippen LogP contribution in [0.4, 0.5) is 21.5 Å². The number of hydrogen-bond donors (Lipinski definition) is 2. The molecule has 0 bridgehead atoms. The highest BCUT2D eigenvalue weighted by molar-refractivity contribution is 7.80. The average Bonchev–Trinajstić information content (AvgIpc) is 3.08. The van der Waals surface area contributed by atoms with E-state index in [9.17, 15) is 18.8 Å². The summed E-state index contributed by atoms with van der Waals surface area (Å²) in [5.41, 5.74) is 2.25. The maximum atomic E-state index is 14.2. The van der Waals surface area contributed by atoms with E-state index in [1.54, 1.807) is 71.6 Å². The number of thiocarbonyl (C=S) groups is 1. The molecule has 7 nitrogen and oxygen atoms in total. The summed E-state index contributed by atoms with van der Waals surface area (Å²) in [6, 6.07) is 21.3. The second-order valence-corrected chi connectivity index (χ2v) is 8.72. The molecular weight excluding hydrogens is 479 g/mol. The van der Waals surface area contributed by atoms with Gasteiger partial charge in [-0.3, -0.25) is 19.3 Å². The van der Waals surface area contributed by atoms with Gasteiger partial charge in [-0.05, 0) is 66.7 Å². The molecule has 36 heavy (non-hydrogen) atoms. The number of nitrogens with zero attached hydrogens (tertiary/aromatic N) is 2. The third-order valence-corrected chi connectivity index (χ3v) is 6.20. The topological polar surface area (TPSA) is 81.8 Å². The molecular formula is C27H25FN4O3S. The predicted octanol–water partition coefficient (Wildman–Crippen LogP) is 4.36. The van der Waals surface area contributed by atoms with Crippen LogP contribution in [0.5, 0.6) is 0 Å². The first kappa shape index (κ1) is 25.0. The largest absolute Gasteiger partial charge is 0.336 e. The van der Waals surface area contributed by atoms with Crippen LogP contribution in [0.25, 0.3) is 0 Å². The summed E-state index contributed by atoms with van der Waals surface area (Å²) in [4.78, 5) is 40.7. The Labute approximate surface area is 213 Å². The minimum Gasteiger partial charge on any atom is -0.336 e. The maximum Gasteiger partial charge on any atom is 0.256 e. The van der Waals surface area contributed by atoms with Crippen molar-refractivity contribution < 1.29 is 18.8 Å². The van der Waals surface area contributed by atoms with Crippen LogP contribution in [0.15, 0.2) is 78.9 Å². The minimum atomic E-state index is -0.830. The number of carbonyl (C=O) groups is 3. The van der Waals surface area contributed by atoms with Crippen molar-refractivity contribution in [3.63, 3.8) is 0 Å². The molecule has 3 aromatic rings. The summed E-state index contributed by atoms with van der Waals surface area (Å²) in [5.74, 6) is -1.20. The fraction of sp³-hybridized carbons (Fsp3) is 0.185. The van der Waals surface area contributed by atoms with Crippen LogP contribution in [0, 0.1) is 5.82 Å². The van der Waals surface area contributed by atoms with E-state index in [4.69, 9.17) is 12.2 Å². The predicted molar refractivity (Wildman–Crippen MR) is 141 cm³/mol. The third kappa shape index (κ3) is 5.75. The summed E-state index contributed by atoms with van der Waals surface area (Å²) < 4.78 is 14.2. The molecule has 9 heteroatoms. The summed E-state index contributed by atoms with van der Waals surface area (Å²) in [6.07, 6.45) is 0.193. The molecule has 1 aliphatic rings. The fourth-order valence-electron chi connectivity index (χ4n) is 4.07. The van der Waals surface area contributed by atoms with E-state index >= 15 is 0 Å². The molecule has 184 valence electrons. The monoisotopic (exact) mass is 504 g/mol. The van der Waals surface area contributed by atoms with E-state index in [0.717, 1.165) is 0 Å². The molecule has 1 heterocycles. The van der Waals surface area contributed by atoms with Crippen molar-refractivity contribution in [1.82, 2.24) is 4.90 Å². The van der Waals surface area contributed by atoms with Crippen molar-refractivity contribution >= 4 is 52.1 Å². The number of halogens is 1. The first-order valence-corrected chi connectivity index (χ1v) is 11.8. The lowest BCUT2D eigenvalue weighted by Gasteiger charge is -2.24. The number of benzene rings is 3. The van der Waals surface area contributed by atoms with Gasteiger partial charge in [0.15, 0.2) is 5.11 Å². The first-order chi connectivity index (χ1) is 17.3. The van der Waals surface area contributed by atoms with Gasteiger partial charge < -0.3 is 15.5 Å². The Morgan fingerprint density at radius 2 is 1.53 bits per heavy atom. The van der Waals surface area contributed by atoms with Gasteiger partial charge in [0.2, 0.25) is 11.8 Å². The van der Waals surface area contributed by atoms with Gasteiger partial charge in [0.1, 0.15) is 11.9 Å². The normalized spacial score (nSPS) is 15.2. The molecule has 1 aliphatic heterocycles. The van der Waals surface area contributed by atoms with E-state index < -0.39 is 6.04 Å². The highest BCUT2D eigenvalue weighted by atomic mass is 32.1. The standard InChI is InChI=1S/C27H25FN4O3S/c1-18(33)29-20-11-13-21(14-12-20)30-25(34)17-24-26(35)32(22-8-3-2-4-9-22)27(36)31(24)16-15-19-7-5-6-10-23(19)28/h2-14,24H,15-17H2,1H3,(H,29,33)(H,30,34)/t24-/m0/s1. The molecule has 1 fully saturated rings. The summed E-state index contributed by atoms with van der Waals surface area (Å²) in [6.45, 7) is 1.69. The molecule has 0 radical (unpaired) electrons. The zero-order chi connectivity index (χ0) is 25.7. The zero-order valence-corrected chi connectivity index (χ0v) is 20.4. The molecule has 3 amide bonds. The Morgan fingerprint density at radius 3 is 2.17 bits per heavy atom. The average molecular weight is 505 g/mol. The van der Waals surface area contributed by atoms with Gasteiger partial charge in [-0.15, -0.1) is 0 Å². The van der Waals surface area contributed by atoms with Crippen LogP contribution in [0.1, 0.15) is 18.9 Å². The molecule has 2 N–H and O–H groups in total. The molecule has 3 aromatic carbocycles. The van der Waals surface area contributed by atoms with E-state index in [2.05, 4.69) is 10.6 Å². The second-order valence-electron chi connectivity index (χ2n) is 8.35. The molecule has 4 rings (SSSR count). The molecule has 0 unspecified atom stereocenters. The molecule has 1 saturated heterocycles. The van der Waals surface area contributed by atoms with Gasteiger partial charge in [-0.2, -0.15) is 0 Å². The molecule has 0 saturated carbocycles. The van der Waals surface area contributed by atoms with Crippen molar-refractivity contribution in [1.29, 1.82) is 0 Å². The number of para-hydroxylation sites is 1. The highest BCUT2D eigenvalue weighted by Gasteiger charge is 2.43. The van der Waals surface area contributed by atoms with Gasteiger partial charge in [-0.25, -0.2) is 4.39 Å². The third-order valence-electron chi connectivity index (χ3n) is 5.78. The van der Waals surface area contributed by atoms with Crippen LogP contribution >= 0.6 is 12.2 Å². The van der Waals surface area contributed by atoms with E-state index in [1.165, 1.54) is 17.9 Å². The maximum absolute atomic E-state index is 14.2. The van der Waals surface area contributed by atoms with Crippen molar-refractivity contribution in [3.8, 4) is 0 Å². The van der Waals surface area contributed by atoms with Crippen LogP contribution < -0.4 is 15.5 Å². The van der Waals surface area contributed by atoms with Crippen LogP contribution in [0.2, 0.25) is 0 Å². The van der Waals surface area contributed by atoms with E-state index in [1.807, 2.05) is 6.07 Å². The van der Waals surface area contributed by atoms with Crippen molar-refractivity contribution in [2.45, 2.75) is 25.8 Å². The van der Waals surface area contributed by atoms with Gasteiger partial charge >= 0.3 is 0 Å². The number of carbonyl (C=O) groups excluding carboxylic acids is 3. The van der Waals surface area contributed by atoms with Gasteiger partial charge in [0, 0.05) is 24.8 Å². The Morgan fingerprint density at radius 1 is 0.917 bits per heavy atom. The molecule has 0 aliphatic carbocycles. The lowest BCUT2D eigenvalue weighted by Crippen LogP contribution is -2.39. The summed E-state index contributed by atoms with van der Waals surface area (Å²) in [7, 11) is 0. The number of rotatable bonds is 8. The van der Waals surface area contributed by atoms with Crippen LogP contribution in [-0.4, -0.2) is 40.3 Å². The Kier molecular flexibility index (Phi) is 7.70. The smallest absolute Gasteiger partial charge is 0.256 e. The lowest BCUT2D eigenvalue weighted by molar-refractivity contribution is -0.124. The number of hydrogen-bond acceptors (Lipinski definition) is 4. The van der Waals surface area contributed by atoms with Gasteiger partial charge in [0.05, 0.1) is 12.1 Å². The number of amides is 3. The van der Waals surface area contributed by atoms with Crippen molar-refractivity contribution in [2.75, 3.05) is 22.1 Å². The van der Waals surface area contributed by atoms with Crippen molar-refractivity contribution in [3.05, 3.63) is 90.2 Å². The summed E-state index contributed by atoms with van der Waals surface area (Å²) >= 11 is 5.65. The van der Waals surface area contributed by atoms with Crippen molar-refractivity contribution in [2.24, 2.45) is 0 Å². The quantitative estimate of drug-likeness (QED) is 0.446. The first-order valence-electron chi connectivity index (χ1n) is 11.4. The minimum absolute atomic E-state index is 0.132. The lowest BCUT2D eigenvalue weighted by atomic mass is 10.1. The zero-order valence-electron chi connectivity index (χ0n) is 19.6. The van der Waals surface area contributed by atoms with Crippen LogP contribution in [-0.2, 0) is 20.8 Å². The Hall–Kier alpha value is -4.11. The summed E-state index contributed by atoms with van der Waals surface area (Å²) in [5, 5.41) is 5.73. The molecule has 0 aromatic heterocycles. The second kappa shape index (κ2) is 11.1. The highest BCUT2D eigenvalue weighted by Crippen LogP contribution is 2.28. The molecule has 0 spiro atoms. The van der Waals surface area contributed by atoms with Gasteiger partial charge in [-0.1, -0.05) is 36.4 Å².